The topological polar surface area (TPSA) is 101 Å². The van der Waals surface area contributed by atoms with E-state index in [1.54, 1.807) is 18.7 Å². The zero-order chi connectivity index (χ0) is 15.3. The summed E-state index contributed by atoms with van der Waals surface area (Å²) in [5.41, 5.74) is 6.35. The molecule has 2 heterocycles. The van der Waals surface area contributed by atoms with E-state index in [0.717, 1.165) is 19.3 Å². The number of aromatic nitrogens is 2. The van der Waals surface area contributed by atoms with Gasteiger partial charge in [-0.3, -0.25) is 9.48 Å². The summed E-state index contributed by atoms with van der Waals surface area (Å²) in [6, 6.07) is -0.592. The zero-order valence-corrected chi connectivity index (χ0v) is 12.2. The van der Waals surface area contributed by atoms with Gasteiger partial charge in [0.1, 0.15) is 17.4 Å². The Balaban J connectivity index is 2.08. The first-order chi connectivity index (χ1) is 9.91. The van der Waals surface area contributed by atoms with E-state index < -0.39 is 17.9 Å². The second kappa shape index (κ2) is 4.75. The predicted molar refractivity (Wildman–Crippen MR) is 76.1 cm³/mol. The number of rotatable bonds is 3. The number of carbonyl (C=O) groups is 2. The monoisotopic (exact) mass is 292 g/mol. The van der Waals surface area contributed by atoms with Crippen molar-refractivity contribution >= 4 is 17.7 Å². The summed E-state index contributed by atoms with van der Waals surface area (Å²) < 4.78 is 1.58. The Bertz CT molecular complexity index is 610. The Kier molecular flexibility index (Phi) is 3.15. The van der Waals surface area contributed by atoms with Gasteiger partial charge in [0, 0.05) is 13.6 Å². The minimum atomic E-state index is -0.835. The Morgan fingerprint density at radius 1 is 1.38 bits per heavy atom. The molecule has 3 unspecified atom stereocenters. The fourth-order valence-corrected chi connectivity index (χ4v) is 4.10. The second-order valence-electron chi connectivity index (χ2n) is 6.06. The van der Waals surface area contributed by atoms with Crippen molar-refractivity contribution in [1.29, 1.82) is 0 Å². The van der Waals surface area contributed by atoms with Crippen LogP contribution in [0, 0.1) is 18.8 Å². The number of anilines is 1. The van der Waals surface area contributed by atoms with Crippen molar-refractivity contribution in [3.05, 3.63) is 11.3 Å². The molecule has 3 rings (SSSR count). The highest BCUT2D eigenvalue weighted by atomic mass is 16.4. The molecule has 21 heavy (non-hydrogen) atoms. The van der Waals surface area contributed by atoms with Gasteiger partial charge >= 0.3 is 5.97 Å². The molecule has 1 aromatic rings. The van der Waals surface area contributed by atoms with Crippen LogP contribution in [-0.2, 0) is 11.8 Å². The number of amides is 1. The van der Waals surface area contributed by atoms with Crippen molar-refractivity contribution in [2.24, 2.45) is 24.6 Å². The fourth-order valence-electron chi connectivity index (χ4n) is 4.10. The van der Waals surface area contributed by atoms with Gasteiger partial charge in [-0.05, 0) is 31.6 Å². The normalized spacial score (nSPS) is 27.9. The highest BCUT2D eigenvalue weighted by Gasteiger charge is 2.49. The van der Waals surface area contributed by atoms with Crippen molar-refractivity contribution in [3.8, 4) is 0 Å². The summed E-state index contributed by atoms with van der Waals surface area (Å²) in [7, 11) is 1.72. The first kappa shape index (κ1) is 13.9. The molecule has 7 nitrogen and oxygen atoms in total. The Morgan fingerprint density at radius 2 is 2.10 bits per heavy atom. The third-order valence-electron chi connectivity index (χ3n) is 4.85. The number of hydrogen-bond donors (Lipinski definition) is 2. The molecule has 1 aliphatic carbocycles. The van der Waals surface area contributed by atoms with Crippen LogP contribution in [0.4, 0.5) is 5.82 Å². The average Bonchev–Trinajstić information content (AvgIpc) is 2.99. The van der Waals surface area contributed by atoms with Gasteiger partial charge in [-0.15, -0.1) is 0 Å². The summed E-state index contributed by atoms with van der Waals surface area (Å²) in [6.45, 7) is 2.37. The van der Waals surface area contributed by atoms with Crippen LogP contribution in [-0.4, -0.2) is 39.4 Å². The smallest absolute Gasteiger partial charge is 0.326 e. The lowest BCUT2D eigenvalue weighted by molar-refractivity contribution is -0.139. The second-order valence-corrected chi connectivity index (χ2v) is 6.06. The highest BCUT2D eigenvalue weighted by Crippen LogP contribution is 2.44. The lowest BCUT2D eigenvalue weighted by Gasteiger charge is -2.26. The van der Waals surface area contributed by atoms with Gasteiger partial charge in [0.25, 0.3) is 5.91 Å². The van der Waals surface area contributed by atoms with Crippen molar-refractivity contribution in [2.45, 2.75) is 32.2 Å². The van der Waals surface area contributed by atoms with Crippen LogP contribution < -0.4 is 10.6 Å². The van der Waals surface area contributed by atoms with E-state index in [1.165, 1.54) is 0 Å². The van der Waals surface area contributed by atoms with Crippen LogP contribution in [0.1, 0.15) is 35.3 Å². The summed E-state index contributed by atoms with van der Waals surface area (Å²) in [4.78, 5) is 25.3. The molecule has 7 heteroatoms. The first-order valence-electron chi connectivity index (χ1n) is 7.24. The Hall–Kier alpha value is -2.05. The molecular weight excluding hydrogens is 272 g/mol. The maximum absolute atomic E-state index is 11.7. The zero-order valence-electron chi connectivity index (χ0n) is 12.2. The van der Waals surface area contributed by atoms with Gasteiger partial charge in [0.05, 0.1) is 5.69 Å². The standard InChI is InChI=1S/C14H20N4O3/c1-7-10(12(15)19)13(17(2)16-7)18-6-8-4-3-5-9(8)11(18)14(20)21/h8-9,11H,3-6H2,1-2H3,(H2,15,19)(H,20,21). The van der Waals surface area contributed by atoms with E-state index in [9.17, 15) is 14.7 Å². The predicted octanol–water partition coefficient (Wildman–Crippen LogP) is 0.517. The summed E-state index contributed by atoms with van der Waals surface area (Å²) >= 11 is 0. The van der Waals surface area contributed by atoms with Gasteiger partial charge in [-0.25, -0.2) is 4.79 Å². The van der Waals surface area contributed by atoms with E-state index in [1.807, 2.05) is 4.90 Å². The van der Waals surface area contributed by atoms with Gasteiger partial charge in [0.2, 0.25) is 0 Å². The molecule has 114 valence electrons. The molecule has 2 aliphatic rings. The average molecular weight is 292 g/mol. The van der Waals surface area contributed by atoms with E-state index in [4.69, 9.17) is 5.73 Å². The molecular formula is C14H20N4O3. The molecule has 1 aromatic heterocycles. The SMILES string of the molecule is Cc1nn(C)c(N2CC3CCCC3C2C(=O)O)c1C(N)=O. The number of nitrogens with two attached hydrogens (primary N) is 1. The quantitative estimate of drug-likeness (QED) is 0.845. The summed E-state index contributed by atoms with van der Waals surface area (Å²) in [5, 5.41) is 13.9. The molecule has 0 bridgehead atoms. The number of primary amides is 1. The molecule has 1 amide bonds. The largest absolute Gasteiger partial charge is 0.480 e. The summed E-state index contributed by atoms with van der Waals surface area (Å²) in [6.07, 6.45) is 3.06. The number of aliphatic carboxylic acids is 1. The Labute approximate surface area is 122 Å². The molecule has 3 atom stereocenters. The number of nitrogens with zero attached hydrogens (tertiary/aromatic N) is 3. The maximum Gasteiger partial charge on any atom is 0.326 e. The first-order valence-corrected chi connectivity index (χ1v) is 7.24. The lowest BCUT2D eigenvalue weighted by atomic mass is 9.94. The number of carbonyl (C=O) groups excluding carboxylic acids is 1. The fraction of sp³-hybridized carbons (Fsp3) is 0.643. The van der Waals surface area contributed by atoms with E-state index in [2.05, 4.69) is 5.10 Å². The lowest BCUT2D eigenvalue weighted by Crippen LogP contribution is -2.41. The minimum Gasteiger partial charge on any atom is -0.480 e. The molecule has 0 radical (unpaired) electrons. The molecule has 1 aliphatic heterocycles. The molecule has 0 aromatic carbocycles. The molecule has 2 fully saturated rings. The summed E-state index contributed by atoms with van der Waals surface area (Å²) in [5.74, 6) is -0.322. The van der Waals surface area contributed by atoms with Crippen LogP contribution in [0.25, 0.3) is 0 Å². The highest BCUT2D eigenvalue weighted by molar-refractivity contribution is 6.00. The van der Waals surface area contributed by atoms with E-state index in [0.29, 0.717) is 29.5 Å². The van der Waals surface area contributed by atoms with Gasteiger partial charge < -0.3 is 15.7 Å². The number of carboxylic acid groups (broad SMARTS) is 1. The third-order valence-corrected chi connectivity index (χ3v) is 4.85. The molecule has 3 N–H and O–H groups in total. The van der Waals surface area contributed by atoms with Crippen LogP contribution in [0.15, 0.2) is 0 Å². The third kappa shape index (κ3) is 1.99. The minimum absolute atomic E-state index is 0.151. The number of aryl methyl sites for hydroxylation is 2. The molecule has 1 saturated heterocycles. The van der Waals surface area contributed by atoms with Crippen LogP contribution in [0.2, 0.25) is 0 Å². The number of fused-ring (bicyclic) bond motifs is 1. The van der Waals surface area contributed by atoms with Crippen molar-refractivity contribution in [3.63, 3.8) is 0 Å². The van der Waals surface area contributed by atoms with Crippen LogP contribution >= 0.6 is 0 Å². The van der Waals surface area contributed by atoms with E-state index in [-0.39, 0.29) is 5.92 Å². The van der Waals surface area contributed by atoms with Crippen molar-refractivity contribution in [1.82, 2.24) is 9.78 Å². The van der Waals surface area contributed by atoms with Gasteiger partial charge in [0.15, 0.2) is 0 Å². The maximum atomic E-state index is 11.7. The molecule has 0 spiro atoms. The number of hydrogen-bond acceptors (Lipinski definition) is 4. The van der Waals surface area contributed by atoms with Crippen molar-refractivity contribution in [2.75, 3.05) is 11.4 Å². The van der Waals surface area contributed by atoms with Gasteiger partial charge in [-0.2, -0.15) is 5.10 Å². The Morgan fingerprint density at radius 3 is 2.71 bits per heavy atom. The van der Waals surface area contributed by atoms with Crippen molar-refractivity contribution < 1.29 is 14.7 Å². The number of carboxylic acids is 1. The van der Waals surface area contributed by atoms with Gasteiger partial charge in [-0.1, -0.05) is 6.42 Å². The molecule has 1 saturated carbocycles. The van der Waals surface area contributed by atoms with Crippen LogP contribution in [0.5, 0.6) is 0 Å². The van der Waals surface area contributed by atoms with E-state index >= 15 is 0 Å². The van der Waals surface area contributed by atoms with Crippen LogP contribution in [0.3, 0.4) is 0 Å².